The molecule has 0 radical (unpaired) electrons. The Morgan fingerprint density at radius 3 is 2.66 bits per heavy atom. The highest BCUT2D eigenvalue weighted by Crippen LogP contribution is 2.44. The van der Waals surface area contributed by atoms with Gasteiger partial charge in [0.2, 0.25) is 11.8 Å². The van der Waals surface area contributed by atoms with Gasteiger partial charge >= 0.3 is 7.82 Å². The third-order valence-corrected chi connectivity index (χ3v) is 5.49. The molecular formula is C18H22N5O8P. The lowest BCUT2D eigenvalue weighted by Gasteiger charge is -2.17. The number of fused-ring (bicyclic) bond motifs is 1. The smallest absolute Gasteiger partial charge is 0.465 e. The number of hydrogen-bond donors (Lipinski definition) is 5. The summed E-state index contributed by atoms with van der Waals surface area (Å²) in [5.74, 6) is -0.0624. The molecule has 4 rings (SSSR count). The van der Waals surface area contributed by atoms with Crippen molar-refractivity contribution in [3.05, 3.63) is 42.2 Å². The van der Waals surface area contributed by atoms with Crippen molar-refractivity contribution in [2.24, 2.45) is 0 Å². The molecule has 3 aromatic rings. The lowest BCUT2D eigenvalue weighted by Crippen LogP contribution is -2.26. The number of benzene rings is 1. The molecule has 0 amide bonds. The van der Waals surface area contributed by atoms with Crippen LogP contribution in [0, 0.1) is 0 Å². The van der Waals surface area contributed by atoms with E-state index in [9.17, 15) is 14.8 Å². The predicted molar refractivity (Wildman–Crippen MR) is 109 cm³/mol. The zero-order valence-electron chi connectivity index (χ0n) is 16.6. The molecule has 14 heteroatoms. The Morgan fingerprint density at radius 1 is 1.25 bits per heavy atom. The van der Waals surface area contributed by atoms with Crippen LogP contribution in [0.3, 0.4) is 0 Å². The molecule has 1 aliphatic heterocycles. The molecule has 1 aliphatic rings. The van der Waals surface area contributed by atoms with E-state index in [4.69, 9.17) is 29.5 Å². The van der Waals surface area contributed by atoms with Gasteiger partial charge in [0, 0.05) is 6.42 Å². The third-order valence-electron chi connectivity index (χ3n) is 4.94. The van der Waals surface area contributed by atoms with Crippen LogP contribution < -0.4 is 10.5 Å². The minimum atomic E-state index is -4.79. The van der Waals surface area contributed by atoms with Crippen molar-refractivity contribution in [3.8, 4) is 5.88 Å². The molecule has 1 fully saturated rings. The number of ether oxygens (including phenoxy) is 2. The number of aliphatic hydroxyl groups excluding tert-OH is 2. The van der Waals surface area contributed by atoms with Crippen LogP contribution in [0.2, 0.25) is 0 Å². The maximum absolute atomic E-state index is 11.2. The van der Waals surface area contributed by atoms with Crippen LogP contribution in [0.25, 0.3) is 11.2 Å². The van der Waals surface area contributed by atoms with Gasteiger partial charge in [-0.2, -0.15) is 9.97 Å². The Labute approximate surface area is 181 Å². The molecule has 1 aromatic carbocycles. The number of rotatable bonds is 8. The normalized spacial score (nSPS) is 22.3. The van der Waals surface area contributed by atoms with Gasteiger partial charge < -0.3 is 35.2 Å². The maximum Gasteiger partial charge on any atom is 0.469 e. The first-order chi connectivity index (χ1) is 15.3. The van der Waals surface area contributed by atoms with Gasteiger partial charge in [-0.15, -0.1) is 0 Å². The Hall–Kier alpha value is -2.64. The monoisotopic (exact) mass is 467 g/mol. The van der Waals surface area contributed by atoms with Crippen molar-refractivity contribution in [2.45, 2.75) is 31.0 Å². The molecule has 13 nitrogen and oxygen atoms in total. The molecule has 0 bridgehead atoms. The summed E-state index contributed by atoms with van der Waals surface area (Å²) in [7, 11) is -4.79. The summed E-state index contributed by atoms with van der Waals surface area (Å²) >= 11 is 0. The van der Waals surface area contributed by atoms with Crippen molar-refractivity contribution in [3.63, 3.8) is 0 Å². The number of hydrogen-bond acceptors (Lipinski definition) is 10. The largest absolute Gasteiger partial charge is 0.469 e. The molecule has 1 unspecified atom stereocenters. The number of anilines is 1. The minimum absolute atomic E-state index is 0.0190. The number of phosphoric ester groups is 1. The van der Waals surface area contributed by atoms with Crippen molar-refractivity contribution in [2.75, 3.05) is 18.9 Å². The zero-order chi connectivity index (χ0) is 22.9. The van der Waals surface area contributed by atoms with Gasteiger partial charge in [0.1, 0.15) is 24.5 Å². The molecule has 3 heterocycles. The number of nitrogens with zero attached hydrogens (tertiary/aromatic N) is 4. The molecule has 2 aromatic heterocycles. The molecule has 172 valence electrons. The molecule has 1 saturated heterocycles. The lowest BCUT2D eigenvalue weighted by atomic mass is 10.1. The molecule has 32 heavy (non-hydrogen) atoms. The van der Waals surface area contributed by atoms with E-state index < -0.39 is 39.0 Å². The van der Waals surface area contributed by atoms with Crippen LogP contribution >= 0.6 is 7.82 Å². The van der Waals surface area contributed by atoms with Gasteiger partial charge in [-0.1, -0.05) is 30.3 Å². The Balaban J connectivity index is 1.64. The first-order valence-corrected chi connectivity index (χ1v) is 11.1. The highest BCUT2D eigenvalue weighted by molar-refractivity contribution is 7.46. The van der Waals surface area contributed by atoms with E-state index in [-0.39, 0.29) is 36.0 Å². The number of phosphoric acid groups is 1. The molecule has 6 N–H and O–H groups in total. The minimum Gasteiger partial charge on any atom is -0.465 e. The first-order valence-electron chi connectivity index (χ1n) is 9.62. The number of nitrogen functional groups attached to an aromatic ring is 1. The quantitative estimate of drug-likeness (QED) is 0.284. The third kappa shape index (κ3) is 4.74. The molecule has 0 aliphatic carbocycles. The van der Waals surface area contributed by atoms with Crippen LogP contribution in [-0.4, -0.2) is 64.9 Å². The van der Waals surface area contributed by atoms with E-state index in [1.165, 1.54) is 10.9 Å². The molecule has 0 saturated carbocycles. The van der Waals surface area contributed by atoms with Gasteiger partial charge in [-0.25, -0.2) is 9.55 Å². The van der Waals surface area contributed by atoms with Crippen molar-refractivity contribution >= 4 is 24.9 Å². The predicted octanol–water partition coefficient (Wildman–Crippen LogP) is 0.279. The van der Waals surface area contributed by atoms with Crippen molar-refractivity contribution in [1.82, 2.24) is 19.5 Å². The number of imidazole rings is 1. The fraction of sp³-hybridized carbons (Fsp3) is 0.389. The average Bonchev–Trinajstić information content (AvgIpc) is 3.34. The van der Waals surface area contributed by atoms with E-state index in [0.717, 1.165) is 5.56 Å². The fourth-order valence-electron chi connectivity index (χ4n) is 3.54. The summed E-state index contributed by atoms with van der Waals surface area (Å²) in [6, 6.07) is 9.05. The number of nitrogens with two attached hydrogens (primary N) is 1. The highest BCUT2D eigenvalue weighted by atomic mass is 31.2. The van der Waals surface area contributed by atoms with Crippen LogP contribution in [0.4, 0.5) is 5.95 Å². The zero-order valence-corrected chi connectivity index (χ0v) is 17.5. The maximum atomic E-state index is 11.2. The Morgan fingerprint density at radius 2 is 2.00 bits per heavy atom. The van der Waals surface area contributed by atoms with Crippen LogP contribution in [0.1, 0.15) is 24.3 Å². The summed E-state index contributed by atoms with van der Waals surface area (Å²) in [6.07, 6.45) is -2.11. The Bertz CT molecular complexity index is 1120. The summed E-state index contributed by atoms with van der Waals surface area (Å²) in [5.41, 5.74) is 7.07. The van der Waals surface area contributed by atoms with Gasteiger partial charge in [0.25, 0.3) is 0 Å². The van der Waals surface area contributed by atoms with Gasteiger partial charge in [-0.3, -0.25) is 9.09 Å². The van der Waals surface area contributed by atoms with Gasteiger partial charge in [-0.05, 0) is 5.56 Å². The lowest BCUT2D eigenvalue weighted by molar-refractivity contribution is -0.0425. The average molecular weight is 467 g/mol. The van der Waals surface area contributed by atoms with E-state index in [0.29, 0.717) is 0 Å². The highest BCUT2D eigenvalue weighted by Gasteiger charge is 2.41. The van der Waals surface area contributed by atoms with Gasteiger partial charge in [0.05, 0.1) is 19.5 Å². The second-order valence-corrected chi connectivity index (χ2v) is 8.28. The van der Waals surface area contributed by atoms with Crippen LogP contribution in [0.15, 0.2) is 36.7 Å². The van der Waals surface area contributed by atoms with Crippen molar-refractivity contribution < 1.29 is 38.6 Å². The Kier molecular flexibility index (Phi) is 6.40. The van der Waals surface area contributed by atoms with E-state index >= 15 is 0 Å². The first kappa shape index (κ1) is 22.6. The second kappa shape index (κ2) is 9.08. The van der Waals surface area contributed by atoms with E-state index in [1.54, 1.807) is 12.1 Å². The number of aliphatic hydroxyl groups is 2. The van der Waals surface area contributed by atoms with E-state index in [2.05, 4.69) is 15.0 Å². The standard InChI is InChI=1S/C18H22N5O8P/c19-18-21-16-15(17(22-18)30-12(7-24)10-4-2-1-3-5-10)20-9-23(16)14-6-11(13(8-25)29-14)31-32(26,27)28/h1-5,9,11-14,24-25H,6-8H2,(H2,19,21,22)(H2,26,27,28)/t11-,12?,13+,14+/m0/s1. The summed E-state index contributed by atoms with van der Waals surface area (Å²) in [6.45, 7) is -0.823. The topological polar surface area (TPSA) is 195 Å². The fourth-order valence-corrected chi connectivity index (χ4v) is 4.11. The summed E-state index contributed by atoms with van der Waals surface area (Å²) in [4.78, 5) is 30.8. The SMILES string of the molecule is Nc1nc(OC(CO)c2ccccc2)c2ncn([C@H]3C[C@H](OP(=O)(O)O)[C@@H](CO)O3)c2n1. The summed E-state index contributed by atoms with van der Waals surface area (Å²) < 4.78 is 29.0. The van der Waals surface area contributed by atoms with Crippen LogP contribution in [0.5, 0.6) is 5.88 Å². The number of aromatic nitrogens is 4. The van der Waals surface area contributed by atoms with Gasteiger partial charge in [0.15, 0.2) is 11.2 Å². The molecular weight excluding hydrogens is 445 g/mol. The molecule has 0 spiro atoms. The van der Waals surface area contributed by atoms with E-state index in [1.807, 2.05) is 18.2 Å². The molecule has 4 atom stereocenters. The van der Waals surface area contributed by atoms with Crippen molar-refractivity contribution in [1.29, 1.82) is 0 Å². The van der Waals surface area contributed by atoms with Crippen LogP contribution in [-0.2, 0) is 13.8 Å². The summed E-state index contributed by atoms with van der Waals surface area (Å²) in [5, 5.41) is 19.3. The second-order valence-electron chi connectivity index (χ2n) is 7.09.